The molecule has 90 valence electrons. The largest absolute Gasteiger partial charge is 0.365 e. The van der Waals surface area contributed by atoms with E-state index in [9.17, 15) is 9.59 Å². The summed E-state index contributed by atoms with van der Waals surface area (Å²) in [5, 5.41) is 0. The van der Waals surface area contributed by atoms with Crippen molar-refractivity contribution in [1.29, 1.82) is 0 Å². The van der Waals surface area contributed by atoms with Gasteiger partial charge in [-0.05, 0) is 25.0 Å². The van der Waals surface area contributed by atoms with Gasteiger partial charge >= 0.3 is 0 Å². The molecule has 2 heterocycles. The molecule has 2 rings (SSSR count). The Morgan fingerprint density at radius 2 is 1.82 bits per heavy atom. The summed E-state index contributed by atoms with van der Waals surface area (Å²) in [5.74, 6) is -0.504. The Labute approximate surface area is 104 Å². The van der Waals surface area contributed by atoms with Crippen molar-refractivity contribution in [2.24, 2.45) is 5.73 Å². The Bertz CT molecular complexity index is 469. The fourth-order valence-corrected chi connectivity index (χ4v) is 2.59. The van der Waals surface area contributed by atoms with Gasteiger partial charge in [-0.2, -0.15) is 0 Å². The molecule has 2 N–H and O–H groups in total. The van der Waals surface area contributed by atoms with Crippen molar-refractivity contribution in [1.82, 2.24) is 4.90 Å². The van der Waals surface area contributed by atoms with Gasteiger partial charge in [-0.25, -0.2) is 0 Å². The number of thiophene rings is 1. The lowest BCUT2D eigenvalue weighted by Crippen LogP contribution is -2.35. The first kappa shape index (κ1) is 11.9. The van der Waals surface area contributed by atoms with Crippen LogP contribution in [0.1, 0.15) is 32.2 Å². The van der Waals surface area contributed by atoms with Crippen LogP contribution in [0.5, 0.6) is 0 Å². The molecule has 1 aliphatic heterocycles. The number of likely N-dealkylation sites (tertiary alicyclic amines) is 1. The summed E-state index contributed by atoms with van der Waals surface area (Å²) in [6.45, 7) is 5.33. The molecular weight excluding hydrogens is 236 g/mol. The number of primary amides is 1. The molecule has 0 spiro atoms. The van der Waals surface area contributed by atoms with Gasteiger partial charge < -0.3 is 10.6 Å². The standard InChI is InChI=1S/C12H14N2O2S/c1-8-4-6-14(7-5-8)12(16)10-3-2-9(17-10)11(13)15/h2-3H,1,4-7H2,(H2,13,15). The molecule has 17 heavy (non-hydrogen) atoms. The summed E-state index contributed by atoms with van der Waals surface area (Å²) < 4.78 is 0. The number of carbonyl (C=O) groups is 2. The Balaban J connectivity index is 2.08. The Morgan fingerprint density at radius 1 is 1.24 bits per heavy atom. The minimum atomic E-state index is -0.485. The van der Waals surface area contributed by atoms with Crippen molar-refractivity contribution in [3.8, 4) is 0 Å². The van der Waals surface area contributed by atoms with Gasteiger partial charge in [-0.3, -0.25) is 9.59 Å². The van der Waals surface area contributed by atoms with E-state index in [1.54, 1.807) is 17.0 Å². The molecule has 1 aromatic heterocycles. The maximum atomic E-state index is 12.1. The molecule has 0 aliphatic carbocycles. The molecule has 0 unspecified atom stereocenters. The third-order valence-corrected chi connectivity index (χ3v) is 3.91. The highest BCUT2D eigenvalue weighted by Gasteiger charge is 2.21. The average molecular weight is 250 g/mol. The smallest absolute Gasteiger partial charge is 0.263 e. The summed E-state index contributed by atoms with van der Waals surface area (Å²) >= 11 is 1.16. The fourth-order valence-electron chi connectivity index (χ4n) is 1.77. The molecular formula is C12H14N2O2S. The first-order chi connectivity index (χ1) is 8.08. The Hall–Kier alpha value is -1.62. The van der Waals surface area contributed by atoms with E-state index in [1.165, 1.54) is 5.57 Å². The quantitative estimate of drug-likeness (QED) is 0.811. The van der Waals surface area contributed by atoms with Crippen molar-refractivity contribution in [2.75, 3.05) is 13.1 Å². The van der Waals surface area contributed by atoms with Crippen molar-refractivity contribution >= 4 is 23.2 Å². The molecule has 0 bridgehead atoms. The topological polar surface area (TPSA) is 63.4 Å². The highest BCUT2D eigenvalue weighted by Crippen LogP contribution is 2.21. The van der Waals surface area contributed by atoms with Gasteiger partial charge in [0.15, 0.2) is 0 Å². The van der Waals surface area contributed by atoms with Crippen molar-refractivity contribution in [2.45, 2.75) is 12.8 Å². The molecule has 0 saturated carbocycles. The summed E-state index contributed by atoms with van der Waals surface area (Å²) in [5.41, 5.74) is 6.35. The van der Waals surface area contributed by atoms with Crippen molar-refractivity contribution in [3.05, 3.63) is 34.0 Å². The van der Waals surface area contributed by atoms with Gasteiger partial charge in [0.1, 0.15) is 0 Å². The van der Waals surface area contributed by atoms with Gasteiger partial charge in [0, 0.05) is 13.1 Å². The molecule has 0 aromatic carbocycles. The maximum absolute atomic E-state index is 12.1. The molecule has 1 aliphatic rings. The van der Waals surface area contributed by atoms with E-state index >= 15 is 0 Å². The van der Waals surface area contributed by atoms with E-state index in [2.05, 4.69) is 6.58 Å². The zero-order valence-corrected chi connectivity index (χ0v) is 10.3. The van der Waals surface area contributed by atoms with Crippen LogP contribution in [0.2, 0.25) is 0 Å². The molecule has 0 atom stereocenters. The molecule has 1 aromatic rings. The van der Waals surface area contributed by atoms with E-state index in [0.29, 0.717) is 22.8 Å². The number of carbonyl (C=O) groups excluding carboxylic acids is 2. The van der Waals surface area contributed by atoms with Crippen molar-refractivity contribution in [3.63, 3.8) is 0 Å². The van der Waals surface area contributed by atoms with Gasteiger partial charge in [0.05, 0.1) is 9.75 Å². The second-order valence-corrected chi connectivity index (χ2v) is 5.15. The summed E-state index contributed by atoms with van der Waals surface area (Å²) in [7, 11) is 0. The normalized spacial score (nSPS) is 16.0. The lowest BCUT2D eigenvalue weighted by Gasteiger charge is -2.27. The zero-order valence-electron chi connectivity index (χ0n) is 9.44. The van der Waals surface area contributed by atoms with Crippen LogP contribution in [0.3, 0.4) is 0 Å². The lowest BCUT2D eigenvalue weighted by atomic mass is 10.1. The van der Waals surface area contributed by atoms with E-state index < -0.39 is 5.91 Å². The average Bonchev–Trinajstić information content (AvgIpc) is 2.78. The third kappa shape index (κ3) is 2.55. The minimum absolute atomic E-state index is 0.0185. The van der Waals surface area contributed by atoms with Gasteiger partial charge in [-0.1, -0.05) is 12.2 Å². The highest BCUT2D eigenvalue weighted by molar-refractivity contribution is 7.15. The van der Waals surface area contributed by atoms with Crippen LogP contribution in [0.25, 0.3) is 0 Å². The van der Waals surface area contributed by atoms with Gasteiger partial charge in [0.25, 0.3) is 11.8 Å². The van der Waals surface area contributed by atoms with Crippen LogP contribution in [0.15, 0.2) is 24.3 Å². The van der Waals surface area contributed by atoms with E-state index in [1.807, 2.05) is 0 Å². The summed E-state index contributed by atoms with van der Waals surface area (Å²) in [6.07, 6.45) is 1.72. The summed E-state index contributed by atoms with van der Waals surface area (Å²) in [6, 6.07) is 3.26. The molecule has 1 fully saturated rings. The number of nitrogens with two attached hydrogens (primary N) is 1. The van der Waals surface area contributed by atoms with Crippen LogP contribution in [-0.4, -0.2) is 29.8 Å². The second kappa shape index (κ2) is 4.71. The number of amides is 2. The van der Waals surface area contributed by atoms with Crippen LogP contribution in [0.4, 0.5) is 0 Å². The molecule has 2 amide bonds. The number of hydrogen-bond acceptors (Lipinski definition) is 3. The Morgan fingerprint density at radius 3 is 2.35 bits per heavy atom. The van der Waals surface area contributed by atoms with Crippen molar-refractivity contribution < 1.29 is 9.59 Å². The van der Waals surface area contributed by atoms with Crippen LogP contribution >= 0.6 is 11.3 Å². The Kier molecular flexibility index (Phi) is 3.28. The maximum Gasteiger partial charge on any atom is 0.263 e. The van der Waals surface area contributed by atoms with E-state index in [4.69, 9.17) is 5.73 Å². The SMILES string of the molecule is C=C1CCN(C(=O)c2ccc(C(N)=O)s2)CC1. The first-order valence-electron chi connectivity index (χ1n) is 5.43. The number of rotatable bonds is 2. The van der Waals surface area contributed by atoms with Crippen LogP contribution in [-0.2, 0) is 0 Å². The number of nitrogens with zero attached hydrogens (tertiary/aromatic N) is 1. The van der Waals surface area contributed by atoms with Crippen LogP contribution in [0, 0.1) is 0 Å². The first-order valence-corrected chi connectivity index (χ1v) is 6.25. The number of piperidine rings is 1. The molecule has 4 nitrogen and oxygen atoms in total. The third-order valence-electron chi connectivity index (χ3n) is 2.82. The predicted octanol–water partition coefficient (Wildman–Crippen LogP) is 1.64. The highest BCUT2D eigenvalue weighted by atomic mass is 32.1. The molecule has 5 heteroatoms. The number of hydrogen-bond donors (Lipinski definition) is 1. The predicted molar refractivity (Wildman–Crippen MR) is 67.1 cm³/mol. The van der Waals surface area contributed by atoms with Crippen LogP contribution < -0.4 is 5.73 Å². The molecule has 0 radical (unpaired) electrons. The lowest BCUT2D eigenvalue weighted by molar-refractivity contribution is 0.0748. The zero-order chi connectivity index (χ0) is 12.4. The summed E-state index contributed by atoms with van der Waals surface area (Å²) in [4.78, 5) is 25.8. The van der Waals surface area contributed by atoms with E-state index in [0.717, 1.165) is 24.2 Å². The van der Waals surface area contributed by atoms with Gasteiger partial charge in [0.2, 0.25) is 0 Å². The minimum Gasteiger partial charge on any atom is -0.365 e. The molecule has 1 saturated heterocycles. The second-order valence-electron chi connectivity index (χ2n) is 4.07. The van der Waals surface area contributed by atoms with E-state index in [-0.39, 0.29) is 5.91 Å². The monoisotopic (exact) mass is 250 g/mol. The fraction of sp³-hybridized carbons (Fsp3) is 0.333. The van der Waals surface area contributed by atoms with Gasteiger partial charge in [-0.15, -0.1) is 11.3 Å².